The number of hydrogen-bond acceptors (Lipinski definition) is 4. The lowest BCUT2D eigenvalue weighted by atomic mass is 10.2. The Bertz CT molecular complexity index is 698. The molecule has 0 unspecified atom stereocenters. The summed E-state index contributed by atoms with van der Waals surface area (Å²) in [5.41, 5.74) is 0.545. The highest BCUT2D eigenvalue weighted by Gasteiger charge is 2.18. The Hall–Kier alpha value is -1.66. The molecule has 0 aliphatic rings. The van der Waals surface area contributed by atoms with Gasteiger partial charge in [0.15, 0.2) is 0 Å². The summed E-state index contributed by atoms with van der Waals surface area (Å²) in [7, 11) is 1.27. The molecule has 108 valence electrons. The second-order valence-electron chi connectivity index (χ2n) is 4.00. The minimum Gasteiger partial charge on any atom is -0.465 e. The average molecular weight is 414 g/mol. The third kappa shape index (κ3) is 3.71. The molecule has 2 aromatic rings. The van der Waals surface area contributed by atoms with Crippen LogP contribution in [-0.2, 0) is 4.74 Å². The lowest BCUT2D eigenvalue weighted by Gasteiger charge is -2.10. The van der Waals surface area contributed by atoms with Crippen molar-refractivity contribution in [2.45, 2.75) is 0 Å². The first-order valence-electron chi connectivity index (χ1n) is 5.87. The van der Waals surface area contributed by atoms with E-state index in [0.29, 0.717) is 14.5 Å². The van der Waals surface area contributed by atoms with Crippen molar-refractivity contribution in [1.82, 2.24) is 0 Å². The number of benzene rings is 2. The van der Waals surface area contributed by atoms with Crippen LogP contribution in [0.2, 0.25) is 0 Å². The molecule has 0 N–H and O–H groups in total. The van der Waals surface area contributed by atoms with E-state index >= 15 is 0 Å². The summed E-state index contributed by atoms with van der Waals surface area (Å²) in [6.45, 7) is 0. The van der Waals surface area contributed by atoms with Gasteiger partial charge in [0, 0.05) is 8.95 Å². The summed E-state index contributed by atoms with van der Waals surface area (Å²) in [6.07, 6.45) is 0. The molecular formula is C15H10Br2O4. The summed E-state index contributed by atoms with van der Waals surface area (Å²) in [5, 5.41) is 0. The fourth-order valence-electron chi connectivity index (χ4n) is 1.64. The van der Waals surface area contributed by atoms with E-state index in [4.69, 9.17) is 4.74 Å². The zero-order chi connectivity index (χ0) is 15.4. The minimum atomic E-state index is -0.578. The Kier molecular flexibility index (Phi) is 5.14. The van der Waals surface area contributed by atoms with Crippen LogP contribution in [0.3, 0.4) is 0 Å². The predicted molar refractivity (Wildman–Crippen MR) is 84.6 cm³/mol. The summed E-state index contributed by atoms with van der Waals surface area (Å²) in [6, 6.07) is 11.6. The molecule has 0 saturated carbocycles. The number of carbonyl (C=O) groups excluding carboxylic acids is 2. The third-order valence-corrected chi connectivity index (χ3v) is 3.83. The highest BCUT2D eigenvalue weighted by atomic mass is 79.9. The highest BCUT2D eigenvalue weighted by Crippen LogP contribution is 2.26. The van der Waals surface area contributed by atoms with Gasteiger partial charge in [-0.2, -0.15) is 0 Å². The van der Waals surface area contributed by atoms with Crippen molar-refractivity contribution in [3.63, 3.8) is 0 Å². The molecule has 2 rings (SSSR count). The number of methoxy groups -OCH3 is 1. The molecule has 0 heterocycles. The van der Waals surface area contributed by atoms with Gasteiger partial charge in [0.1, 0.15) is 11.3 Å². The molecule has 0 saturated heterocycles. The fraction of sp³-hybridized carbons (Fsp3) is 0.0667. The van der Waals surface area contributed by atoms with Crippen molar-refractivity contribution < 1.29 is 19.1 Å². The summed E-state index contributed by atoms with van der Waals surface area (Å²) in [5.74, 6) is -0.994. The van der Waals surface area contributed by atoms with Crippen molar-refractivity contribution >= 4 is 43.8 Å². The van der Waals surface area contributed by atoms with Crippen molar-refractivity contribution in [3.05, 3.63) is 62.5 Å². The molecule has 0 fully saturated rings. The fourth-order valence-corrected chi connectivity index (χ4v) is 2.45. The normalized spacial score (nSPS) is 10.0. The topological polar surface area (TPSA) is 52.6 Å². The van der Waals surface area contributed by atoms with E-state index in [1.165, 1.54) is 19.2 Å². The molecule has 0 amide bonds. The standard InChI is InChI=1S/C15H10Br2O4/c1-20-14(18)11-8-9(16)6-7-13(11)21-15(19)10-4-2-3-5-12(10)17/h2-8H,1H3. The van der Waals surface area contributed by atoms with Crippen molar-refractivity contribution in [3.8, 4) is 5.75 Å². The van der Waals surface area contributed by atoms with E-state index in [9.17, 15) is 9.59 Å². The number of rotatable bonds is 3. The van der Waals surface area contributed by atoms with Gasteiger partial charge in [0.25, 0.3) is 0 Å². The minimum absolute atomic E-state index is 0.144. The number of hydrogen-bond donors (Lipinski definition) is 0. The average Bonchev–Trinajstić information content (AvgIpc) is 2.48. The zero-order valence-corrected chi connectivity index (χ0v) is 14.1. The van der Waals surface area contributed by atoms with E-state index in [-0.39, 0.29) is 11.3 Å². The van der Waals surface area contributed by atoms with Gasteiger partial charge in [-0.25, -0.2) is 9.59 Å². The lowest BCUT2D eigenvalue weighted by molar-refractivity contribution is 0.0593. The Morgan fingerprint density at radius 2 is 1.67 bits per heavy atom. The van der Waals surface area contributed by atoms with Crippen LogP contribution >= 0.6 is 31.9 Å². The van der Waals surface area contributed by atoms with Gasteiger partial charge in [-0.3, -0.25) is 0 Å². The molecule has 0 aromatic heterocycles. The van der Waals surface area contributed by atoms with Crippen molar-refractivity contribution in [1.29, 1.82) is 0 Å². The molecular weight excluding hydrogens is 404 g/mol. The Morgan fingerprint density at radius 1 is 0.952 bits per heavy atom. The molecule has 6 heteroatoms. The molecule has 0 bridgehead atoms. The molecule has 0 spiro atoms. The van der Waals surface area contributed by atoms with Gasteiger partial charge in [-0.15, -0.1) is 0 Å². The van der Waals surface area contributed by atoms with Crippen LogP contribution < -0.4 is 4.74 Å². The van der Waals surface area contributed by atoms with E-state index in [1.807, 2.05) is 0 Å². The first-order chi connectivity index (χ1) is 10.0. The summed E-state index contributed by atoms with van der Waals surface area (Å²) in [4.78, 5) is 23.9. The van der Waals surface area contributed by atoms with Crippen LogP contribution in [0.4, 0.5) is 0 Å². The van der Waals surface area contributed by atoms with Crippen LogP contribution in [0.15, 0.2) is 51.4 Å². The smallest absolute Gasteiger partial charge is 0.344 e. The first kappa shape index (κ1) is 15.7. The number of carbonyl (C=O) groups is 2. The van der Waals surface area contributed by atoms with Crippen molar-refractivity contribution in [2.75, 3.05) is 7.11 Å². The summed E-state index contributed by atoms with van der Waals surface area (Å²) >= 11 is 6.54. The quantitative estimate of drug-likeness (QED) is 0.558. The zero-order valence-electron chi connectivity index (χ0n) is 10.9. The number of ether oxygens (including phenoxy) is 2. The van der Waals surface area contributed by atoms with Gasteiger partial charge in [0.05, 0.1) is 12.7 Å². The monoisotopic (exact) mass is 412 g/mol. The predicted octanol–water partition coefficient (Wildman–Crippen LogP) is 4.22. The maximum Gasteiger partial charge on any atom is 0.344 e. The maximum absolute atomic E-state index is 12.2. The van der Waals surface area contributed by atoms with Gasteiger partial charge in [0.2, 0.25) is 0 Å². The molecule has 0 aliphatic heterocycles. The van der Waals surface area contributed by atoms with Gasteiger partial charge >= 0.3 is 11.9 Å². The van der Waals surface area contributed by atoms with Crippen LogP contribution in [0.25, 0.3) is 0 Å². The lowest BCUT2D eigenvalue weighted by Crippen LogP contribution is -2.12. The van der Waals surface area contributed by atoms with Gasteiger partial charge < -0.3 is 9.47 Å². The van der Waals surface area contributed by atoms with E-state index in [0.717, 1.165) is 0 Å². The maximum atomic E-state index is 12.2. The van der Waals surface area contributed by atoms with E-state index in [1.54, 1.807) is 30.3 Å². The Labute approximate surface area is 138 Å². The number of halogens is 2. The second kappa shape index (κ2) is 6.87. The summed E-state index contributed by atoms with van der Waals surface area (Å²) < 4.78 is 11.3. The van der Waals surface area contributed by atoms with Crippen LogP contribution in [-0.4, -0.2) is 19.0 Å². The molecule has 0 atom stereocenters. The van der Waals surface area contributed by atoms with Gasteiger partial charge in [-0.05, 0) is 46.3 Å². The largest absolute Gasteiger partial charge is 0.465 e. The number of esters is 2. The molecule has 0 radical (unpaired) electrons. The third-order valence-electron chi connectivity index (χ3n) is 2.64. The second-order valence-corrected chi connectivity index (χ2v) is 5.77. The molecule has 0 aliphatic carbocycles. The first-order valence-corrected chi connectivity index (χ1v) is 7.46. The molecule has 21 heavy (non-hydrogen) atoms. The van der Waals surface area contributed by atoms with Crippen LogP contribution in [0.1, 0.15) is 20.7 Å². The molecule has 4 nitrogen and oxygen atoms in total. The Balaban J connectivity index is 2.34. The van der Waals surface area contributed by atoms with Crippen LogP contribution in [0.5, 0.6) is 5.75 Å². The van der Waals surface area contributed by atoms with Gasteiger partial charge in [-0.1, -0.05) is 28.1 Å². The van der Waals surface area contributed by atoms with Crippen LogP contribution in [0, 0.1) is 0 Å². The van der Waals surface area contributed by atoms with Crippen molar-refractivity contribution in [2.24, 2.45) is 0 Å². The van der Waals surface area contributed by atoms with E-state index in [2.05, 4.69) is 36.6 Å². The Morgan fingerprint density at radius 3 is 2.33 bits per heavy atom. The molecule has 2 aromatic carbocycles. The highest BCUT2D eigenvalue weighted by molar-refractivity contribution is 9.10. The van der Waals surface area contributed by atoms with E-state index < -0.39 is 11.9 Å². The SMILES string of the molecule is COC(=O)c1cc(Br)ccc1OC(=O)c1ccccc1Br.